The highest BCUT2D eigenvalue weighted by Gasteiger charge is 2.25. The molecule has 0 heterocycles. The van der Waals surface area contributed by atoms with Gasteiger partial charge in [0.05, 0.1) is 0 Å². The Labute approximate surface area is 349 Å². The number of hydrogen-bond acceptors (Lipinski definition) is 9. The van der Waals surface area contributed by atoms with E-state index in [0.29, 0.717) is 30.8 Å². The zero-order chi connectivity index (χ0) is 41.9. The van der Waals surface area contributed by atoms with Crippen LogP contribution in [0, 0.1) is 0 Å². The van der Waals surface area contributed by atoms with Gasteiger partial charge in [-0.15, -0.1) is 0 Å². The van der Waals surface area contributed by atoms with Crippen LogP contribution in [-0.4, -0.2) is 69.3 Å². The summed E-state index contributed by atoms with van der Waals surface area (Å²) in [6.07, 6.45) is 30.7. The number of unbranched alkanes of at least 4 members (excludes halogenated alkanes) is 17. The van der Waals surface area contributed by atoms with Gasteiger partial charge in [0, 0.05) is 32.5 Å². The quantitative estimate of drug-likeness (QED) is 0.0393. The summed E-state index contributed by atoms with van der Waals surface area (Å²) in [6, 6.07) is 0. The Kier molecular flexibility index (Phi) is 32.8. The molecular weight excluding hydrogens is 715 g/mol. The number of carbonyl (C=O) groups excluding carboxylic acids is 2. The summed E-state index contributed by atoms with van der Waals surface area (Å²) in [4.78, 5) is 55.1. The first-order valence-corrected chi connectivity index (χ1v) is 24.0. The number of ether oxygens (including phenoxy) is 2. The molecule has 0 aliphatic rings. The van der Waals surface area contributed by atoms with E-state index < -0.39 is 5.43 Å². The molecule has 9 heteroatoms. The number of carbonyl (C=O) groups is 2. The van der Waals surface area contributed by atoms with Gasteiger partial charge in [-0.05, 0) is 97.7 Å². The van der Waals surface area contributed by atoms with E-state index in [2.05, 4.69) is 56.9 Å². The summed E-state index contributed by atoms with van der Waals surface area (Å²) in [7, 11) is 4.12. The second-order valence-corrected chi connectivity index (χ2v) is 17.0. The summed E-state index contributed by atoms with van der Waals surface area (Å²) in [6.45, 7) is 11.9. The predicted octanol–water partition coefficient (Wildman–Crippen LogP) is 11.7. The predicted molar refractivity (Wildman–Crippen MR) is 242 cm³/mol. The number of rotatable bonds is 41. The van der Waals surface area contributed by atoms with Crippen LogP contribution in [0.5, 0.6) is 0 Å². The lowest BCUT2D eigenvalue weighted by atomic mass is 10.0. The molecule has 1 aromatic rings. The lowest BCUT2D eigenvalue weighted by Crippen LogP contribution is -2.43. The molecule has 0 aromatic heterocycles. The smallest absolute Gasteiger partial charge is 0.306 e. The molecule has 1 rings (SSSR count). The second kappa shape index (κ2) is 35.5. The summed E-state index contributed by atoms with van der Waals surface area (Å²) < 4.78 is 11.8. The number of nitrogens with one attached hydrogen (secondary N) is 1. The molecule has 0 saturated carbocycles. The number of nitrogens with zero attached hydrogens (tertiary/aromatic N) is 2. The highest BCUT2D eigenvalue weighted by atomic mass is 16.5. The fourth-order valence-corrected chi connectivity index (χ4v) is 7.69. The van der Waals surface area contributed by atoms with E-state index in [-0.39, 0.29) is 29.6 Å². The zero-order valence-electron chi connectivity index (χ0n) is 38.0. The minimum atomic E-state index is -0.392. The van der Waals surface area contributed by atoms with Crippen LogP contribution in [0.25, 0.3) is 0 Å². The van der Waals surface area contributed by atoms with Crippen molar-refractivity contribution < 1.29 is 19.1 Å². The number of hydrogen-bond donors (Lipinski definition) is 1. The van der Waals surface area contributed by atoms with Gasteiger partial charge in [-0.25, -0.2) is 0 Å². The van der Waals surface area contributed by atoms with Crippen molar-refractivity contribution in [1.82, 2.24) is 4.90 Å². The summed E-state index contributed by atoms with van der Waals surface area (Å²) >= 11 is 0. The third-order valence-corrected chi connectivity index (χ3v) is 11.2. The maximum Gasteiger partial charge on any atom is 0.306 e. The monoisotopic (exact) mass is 804 g/mol. The van der Waals surface area contributed by atoms with Gasteiger partial charge in [0.2, 0.25) is 0 Å². The Bertz CT molecular complexity index is 1200. The molecule has 0 saturated heterocycles. The van der Waals surface area contributed by atoms with E-state index in [9.17, 15) is 19.2 Å². The Hall–Kier alpha value is -2.42. The topological polar surface area (TPSA) is 105 Å². The van der Waals surface area contributed by atoms with Gasteiger partial charge in [-0.1, -0.05) is 130 Å². The van der Waals surface area contributed by atoms with E-state index in [1.54, 1.807) is 0 Å². The van der Waals surface area contributed by atoms with Gasteiger partial charge in [-0.3, -0.25) is 19.2 Å². The molecule has 0 bridgehead atoms. The SMILES string of the molecule is CCCCCCCC(CCCCCC)OC(=O)CCCCCCCN(CCCCCCCC(=O)OC(CCC)CCCC)c1c(NCCCCN(C)C)c(=O)c1=O. The van der Waals surface area contributed by atoms with E-state index in [1.807, 2.05) is 0 Å². The number of anilines is 2. The molecule has 1 N–H and O–H groups in total. The fourth-order valence-electron chi connectivity index (χ4n) is 7.69. The second-order valence-electron chi connectivity index (χ2n) is 17.0. The molecule has 0 fully saturated rings. The average Bonchev–Trinajstić information content (AvgIpc) is 3.19. The molecule has 0 aliphatic heterocycles. The first kappa shape index (κ1) is 52.6. The van der Waals surface area contributed by atoms with Gasteiger partial charge < -0.3 is 24.6 Å². The Morgan fingerprint density at radius 1 is 0.491 bits per heavy atom. The van der Waals surface area contributed by atoms with Crippen molar-refractivity contribution in [2.45, 2.75) is 233 Å². The van der Waals surface area contributed by atoms with Crippen LogP contribution >= 0.6 is 0 Å². The van der Waals surface area contributed by atoms with Crippen LogP contribution in [-0.2, 0) is 19.1 Å². The van der Waals surface area contributed by atoms with Crippen molar-refractivity contribution in [2.24, 2.45) is 0 Å². The third-order valence-electron chi connectivity index (χ3n) is 11.2. The standard InChI is InChI=1S/C48H89N3O6/c1-7-11-14-18-24-34-42(33-23-15-12-8-2)57-44(53)36-26-20-17-22-29-40-51(46-45(47(54)48(46)55)49-37-27-30-38-50(5)6)39-28-21-16-19-25-35-43(52)56-41(31-10-4)32-13-9-3/h41-42,49H,7-40H2,1-6H3. The lowest BCUT2D eigenvalue weighted by Gasteiger charge is -2.28. The van der Waals surface area contributed by atoms with E-state index in [1.165, 1.54) is 44.9 Å². The number of esters is 2. The van der Waals surface area contributed by atoms with E-state index >= 15 is 0 Å². The summed E-state index contributed by atoms with van der Waals surface area (Å²) in [5.41, 5.74) is 0.300. The van der Waals surface area contributed by atoms with Crippen molar-refractivity contribution >= 4 is 23.3 Å². The molecule has 332 valence electrons. The van der Waals surface area contributed by atoms with Gasteiger partial charge in [0.15, 0.2) is 0 Å². The average molecular weight is 804 g/mol. The van der Waals surface area contributed by atoms with Crippen LogP contribution in [0.4, 0.5) is 11.4 Å². The zero-order valence-corrected chi connectivity index (χ0v) is 38.0. The van der Waals surface area contributed by atoms with Crippen molar-refractivity contribution in [3.63, 3.8) is 0 Å². The van der Waals surface area contributed by atoms with Gasteiger partial charge in [0.1, 0.15) is 23.6 Å². The van der Waals surface area contributed by atoms with Crippen molar-refractivity contribution in [1.29, 1.82) is 0 Å². The van der Waals surface area contributed by atoms with Crippen molar-refractivity contribution in [3.05, 3.63) is 20.4 Å². The van der Waals surface area contributed by atoms with Crippen LogP contribution in [0.1, 0.15) is 220 Å². The van der Waals surface area contributed by atoms with Gasteiger partial charge in [0.25, 0.3) is 10.9 Å². The highest BCUT2D eigenvalue weighted by Crippen LogP contribution is 2.23. The first-order chi connectivity index (χ1) is 27.7. The molecule has 9 nitrogen and oxygen atoms in total. The molecule has 0 amide bonds. The Morgan fingerprint density at radius 2 is 0.930 bits per heavy atom. The third kappa shape index (κ3) is 26.3. The fraction of sp³-hybridized carbons (Fsp3) is 0.875. The minimum absolute atomic E-state index is 0.0416. The first-order valence-electron chi connectivity index (χ1n) is 24.0. The van der Waals surface area contributed by atoms with Gasteiger partial charge >= 0.3 is 11.9 Å². The molecule has 0 spiro atoms. The highest BCUT2D eigenvalue weighted by molar-refractivity contribution is 5.75. The minimum Gasteiger partial charge on any atom is -0.462 e. The Morgan fingerprint density at radius 3 is 1.46 bits per heavy atom. The van der Waals surface area contributed by atoms with E-state index in [4.69, 9.17) is 9.47 Å². The molecule has 0 radical (unpaired) electrons. The Balaban J connectivity index is 2.58. The summed E-state index contributed by atoms with van der Waals surface area (Å²) in [5, 5.41) is 3.30. The van der Waals surface area contributed by atoms with Crippen LogP contribution in [0.15, 0.2) is 9.59 Å². The van der Waals surface area contributed by atoms with Crippen molar-refractivity contribution in [2.75, 3.05) is 50.5 Å². The molecular formula is C48H89N3O6. The summed E-state index contributed by atoms with van der Waals surface area (Å²) in [5.74, 6) is -0.108. The molecule has 2 atom stereocenters. The lowest BCUT2D eigenvalue weighted by molar-refractivity contribution is -0.151. The molecule has 1 aromatic carbocycles. The molecule has 2 unspecified atom stereocenters. The van der Waals surface area contributed by atoms with Crippen LogP contribution in [0.2, 0.25) is 0 Å². The van der Waals surface area contributed by atoms with Crippen LogP contribution < -0.4 is 21.1 Å². The molecule has 0 aliphatic carbocycles. The van der Waals surface area contributed by atoms with E-state index in [0.717, 1.165) is 154 Å². The maximum atomic E-state index is 12.9. The maximum absolute atomic E-state index is 12.9. The largest absolute Gasteiger partial charge is 0.462 e. The van der Waals surface area contributed by atoms with Gasteiger partial charge in [-0.2, -0.15) is 0 Å². The molecule has 57 heavy (non-hydrogen) atoms. The van der Waals surface area contributed by atoms with Crippen molar-refractivity contribution in [3.8, 4) is 0 Å². The van der Waals surface area contributed by atoms with Crippen LogP contribution in [0.3, 0.4) is 0 Å². The normalized spacial score (nSPS) is 12.6.